The molecule has 3 nitrogen and oxygen atoms in total. The summed E-state index contributed by atoms with van der Waals surface area (Å²) < 4.78 is 11.6. The van der Waals surface area contributed by atoms with Crippen LogP contribution in [0.4, 0.5) is 0 Å². The maximum atomic E-state index is 6.05. The number of aliphatic imine (C=N–C) groups is 1. The zero-order valence-corrected chi connectivity index (χ0v) is 14.4. The van der Waals surface area contributed by atoms with Gasteiger partial charge in [-0.05, 0) is 39.2 Å². The van der Waals surface area contributed by atoms with Crippen LogP contribution < -0.4 is 0 Å². The minimum absolute atomic E-state index is 0.0176. The van der Waals surface area contributed by atoms with Crippen LogP contribution in [0.25, 0.3) is 0 Å². The monoisotopic (exact) mass is 319 g/mol. The molecule has 1 aromatic rings. The molecule has 1 aromatic carbocycles. The highest BCUT2D eigenvalue weighted by molar-refractivity contribution is 8.13. The third-order valence-electron chi connectivity index (χ3n) is 3.42. The first kappa shape index (κ1) is 17.3. The van der Waals surface area contributed by atoms with Crippen LogP contribution in [-0.4, -0.2) is 24.0 Å². The Morgan fingerprint density at radius 2 is 2.09 bits per heavy atom. The van der Waals surface area contributed by atoms with E-state index in [2.05, 4.69) is 37.3 Å². The zero-order chi connectivity index (χ0) is 15.8. The van der Waals surface area contributed by atoms with Crippen molar-refractivity contribution in [1.82, 2.24) is 0 Å². The van der Waals surface area contributed by atoms with Crippen molar-refractivity contribution in [3.05, 3.63) is 47.7 Å². The van der Waals surface area contributed by atoms with E-state index in [0.29, 0.717) is 6.61 Å². The van der Waals surface area contributed by atoms with Gasteiger partial charge in [-0.1, -0.05) is 36.4 Å². The van der Waals surface area contributed by atoms with E-state index in [1.807, 2.05) is 19.9 Å². The van der Waals surface area contributed by atoms with Crippen molar-refractivity contribution in [1.29, 1.82) is 0 Å². The fourth-order valence-electron chi connectivity index (χ4n) is 2.35. The summed E-state index contributed by atoms with van der Waals surface area (Å²) in [7, 11) is 0. The van der Waals surface area contributed by atoms with Crippen molar-refractivity contribution in [2.24, 2.45) is 4.99 Å². The molecule has 0 saturated heterocycles. The SMILES string of the molecule is CCOC(C)OC1CCC=C(C)N=C1SCc1ccccc1. The number of rotatable bonds is 6. The molecule has 120 valence electrons. The number of hydrogen-bond acceptors (Lipinski definition) is 4. The lowest BCUT2D eigenvalue weighted by molar-refractivity contribution is -0.141. The van der Waals surface area contributed by atoms with E-state index in [4.69, 9.17) is 14.5 Å². The molecule has 0 bridgehead atoms. The zero-order valence-electron chi connectivity index (χ0n) is 13.6. The maximum Gasteiger partial charge on any atom is 0.155 e. The summed E-state index contributed by atoms with van der Waals surface area (Å²) in [5.41, 5.74) is 2.38. The van der Waals surface area contributed by atoms with Gasteiger partial charge in [0.1, 0.15) is 11.1 Å². The van der Waals surface area contributed by atoms with E-state index in [-0.39, 0.29) is 12.4 Å². The third kappa shape index (κ3) is 5.59. The number of ether oxygens (including phenoxy) is 2. The van der Waals surface area contributed by atoms with Crippen molar-refractivity contribution in [2.75, 3.05) is 6.61 Å². The predicted molar refractivity (Wildman–Crippen MR) is 94.1 cm³/mol. The lowest BCUT2D eigenvalue weighted by Crippen LogP contribution is -2.28. The van der Waals surface area contributed by atoms with Crippen molar-refractivity contribution in [3.63, 3.8) is 0 Å². The molecule has 2 unspecified atom stereocenters. The number of allylic oxidation sites excluding steroid dienone is 2. The Kier molecular flexibility index (Phi) is 7.16. The molecule has 1 aliphatic rings. The Bertz CT molecular complexity index is 513. The van der Waals surface area contributed by atoms with Gasteiger partial charge in [-0.2, -0.15) is 0 Å². The topological polar surface area (TPSA) is 30.8 Å². The van der Waals surface area contributed by atoms with E-state index in [9.17, 15) is 0 Å². The lowest BCUT2D eigenvalue weighted by atomic mass is 10.2. The van der Waals surface area contributed by atoms with Gasteiger partial charge in [-0.3, -0.25) is 0 Å². The quantitative estimate of drug-likeness (QED) is 0.707. The molecule has 0 aromatic heterocycles. The molecule has 2 atom stereocenters. The molecule has 1 aliphatic heterocycles. The van der Waals surface area contributed by atoms with Crippen molar-refractivity contribution < 1.29 is 9.47 Å². The van der Waals surface area contributed by atoms with Crippen LogP contribution in [0.15, 0.2) is 47.1 Å². The summed E-state index contributed by atoms with van der Waals surface area (Å²) in [5, 5.41) is 1.06. The smallest absolute Gasteiger partial charge is 0.155 e. The summed E-state index contributed by atoms with van der Waals surface area (Å²) in [6.45, 7) is 6.65. The van der Waals surface area contributed by atoms with Crippen molar-refractivity contribution in [3.8, 4) is 0 Å². The van der Waals surface area contributed by atoms with Crippen LogP contribution in [-0.2, 0) is 15.2 Å². The molecular weight excluding hydrogens is 294 g/mol. The second-order valence-corrected chi connectivity index (χ2v) is 6.29. The molecule has 0 N–H and O–H groups in total. The summed E-state index contributed by atoms with van der Waals surface area (Å²) in [6.07, 6.45) is 3.95. The molecule has 1 heterocycles. The molecule has 0 amide bonds. The second kappa shape index (κ2) is 9.13. The fraction of sp³-hybridized carbons (Fsp3) is 0.500. The van der Waals surface area contributed by atoms with Crippen molar-refractivity contribution in [2.45, 2.75) is 51.8 Å². The molecule has 0 saturated carbocycles. The van der Waals surface area contributed by atoms with E-state index in [1.54, 1.807) is 11.8 Å². The Morgan fingerprint density at radius 3 is 2.82 bits per heavy atom. The van der Waals surface area contributed by atoms with E-state index < -0.39 is 0 Å². The molecule has 0 radical (unpaired) electrons. The highest BCUT2D eigenvalue weighted by atomic mass is 32.2. The first-order valence-electron chi connectivity index (χ1n) is 7.88. The molecule has 22 heavy (non-hydrogen) atoms. The van der Waals surface area contributed by atoms with Crippen LogP contribution in [0.3, 0.4) is 0 Å². The van der Waals surface area contributed by atoms with Gasteiger partial charge in [0, 0.05) is 18.1 Å². The highest BCUT2D eigenvalue weighted by Gasteiger charge is 2.22. The second-order valence-electron chi connectivity index (χ2n) is 5.29. The molecule has 4 heteroatoms. The maximum absolute atomic E-state index is 6.05. The average molecular weight is 319 g/mol. The standard InChI is InChI=1S/C18H25NO2S/c1-4-20-15(3)21-17-12-8-9-14(2)19-18(17)22-13-16-10-6-5-7-11-16/h5-7,9-11,15,17H,4,8,12-13H2,1-3H3. The number of benzene rings is 1. The predicted octanol–water partition coefficient (Wildman–Crippen LogP) is 4.78. The molecule has 0 fully saturated rings. The Labute approximate surface area is 137 Å². The largest absolute Gasteiger partial charge is 0.353 e. The first-order chi connectivity index (χ1) is 10.7. The summed E-state index contributed by atoms with van der Waals surface area (Å²) in [5.74, 6) is 0.913. The van der Waals surface area contributed by atoms with Gasteiger partial charge in [0.2, 0.25) is 0 Å². The molecule has 2 rings (SSSR count). The summed E-state index contributed by atoms with van der Waals surface area (Å²) in [4.78, 5) is 4.75. The Balaban J connectivity index is 2.02. The van der Waals surface area contributed by atoms with Gasteiger partial charge in [-0.15, -0.1) is 11.8 Å². The minimum atomic E-state index is -0.198. The van der Waals surface area contributed by atoms with Gasteiger partial charge in [0.25, 0.3) is 0 Å². The van der Waals surface area contributed by atoms with E-state index in [0.717, 1.165) is 29.3 Å². The van der Waals surface area contributed by atoms with Crippen LogP contribution >= 0.6 is 11.8 Å². The van der Waals surface area contributed by atoms with Gasteiger partial charge in [0.05, 0.1) is 0 Å². The first-order valence-corrected chi connectivity index (χ1v) is 8.86. The normalized spacial score (nSPS) is 20.0. The number of thioether (sulfide) groups is 1. The number of hydrogen-bond donors (Lipinski definition) is 0. The third-order valence-corrected chi connectivity index (χ3v) is 4.55. The molecular formula is C18H25NO2S. The highest BCUT2D eigenvalue weighted by Crippen LogP contribution is 2.25. The van der Waals surface area contributed by atoms with Crippen molar-refractivity contribution >= 4 is 16.8 Å². The van der Waals surface area contributed by atoms with Crippen LogP contribution in [0.5, 0.6) is 0 Å². The summed E-state index contributed by atoms with van der Waals surface area (Å²) in [6, 6.07) is 10.5. The fourth-order valence-corrected chi connectivity index (χ4v) is 3.42. The molecule has 0 spiro atoms. The van der Waals surface area contributed by atoms with Crippen LogP contribution in [0.1, 0.15) is 39.2 Å². The van der Waals surface area contributed by atoms with E-state index in [1.165, 1.54) is 5.56 Å². The van der Waals surface area contributed by atoms with Crippen LogP contribution in [0, 0.1) is 0 Å². The summed E-state index contributed by atoms with van der Waals surface area (Å²) >= 11 is 1.76. The van der Waals surface area contributed by atoms with Gasteiger partial charge in [0.15, 0.2) is 6.29 Å². The van der Waals surface area contributed by atoms with Gasteiger partial charge in [-0.25, -0.2) is 4.99 Å². The lowest BCUT2D eigenvalue weighted by Gasteiger charge is -2.22. The van der Waals surface area contributed by atoms with Gasteiger partial charge >= 0.3 is 0 Å². The Morgan fingerprint density at radius 1 is 1.32 bits per heavy atom. The number of nitrogens with zero attached hydrogens (tertiary/aromatic N) is 1. The Hall–Kier alpha value is -1.10. The molecule has 0 aliphatic carbocycles. The van der Waals surface area contributed by atoms with E-state index >= 15 is 0 Å². The average Bonchev–Trinajstić information content (AvgIpc) is 2.68. The minimum Gasteiger partial charge on any atom is -0.353 e. The van der Waals surface area contributed by atoms with Gasteiger partial charge < -0.3 is 9.47 Å². The van der Waals surface area contributed by atoms with Crippen LogP contribution in [0.2, 0.25) is 0 Å².